The molecule has 0 aliphatic carbocycles. The standard InChI is InChI=1S/C25H29N7O/c1-17(2)21-15-28-32-23(21)29-25(31-12-6-9-20(31)16-33)30-24(32)27-14-18-10-11-22(26-13-18)19-7-4-3-5-8-19/h3-5,7-8,10-11,13,15,17,20,33H,6,9,12,14,16H2,1-2H3,(H,27,29,30). The summed E-state index contributed by atoms with van der Waals surface area (Å²) in [5, 5.41) is 17.8. The monoisotopic (exact) mass is 443 g/mol. The van der Waals surface area contributed by atoms with E-state index in [1.54, 1.807) is 4.52 Å². The fourth-order valence-electron chi connectivity index (χ4n) is 4.31. The molecule has 8 nitrogen and oxygen atoms in total. The van der Waals surface area contributed by atoms with Crippen molar-refractivity contribution < 1.29 is 5.11 Å². The van der Waals surface area contributed by atoms with Crippen LogP contribution in [0.25, 0.3) is 16.9 Å². The summed E-state index contributed by atoms with van der Waals surface area (Å²) in [5.41, 5.74) is 4.98. The highest BCUT2D eigenvalue weighted by Gasteiger charge is 2.27. The highest BCUT2D eigenvalue weighted by Crippen LogP contribution is 2.27. The number of hydrogen-bond donors (Lipinski definition) is 2. The molecule has 4 heterocycles. The van der Waals surface area contributed by atoms with E-state index in [-0.39, 0.29) is 12.6 Å². The highest BCUT2D eigenvalue weighted by atomic mass is 16.3. The van der Waals surface area contributed by atoms with E-state index in [0.29, 0.717) is 24.4 Å². The van der Waals surface area contributed by atoms with E-state index in [9.17, 15) is 5.11 Å². The van der Waals surface area contributed by atoms with Crippen molar-refractivity contribution in [3.05, 3.63) is 66.0 Å². The Labute approximate surface area is 193 Å². The van der Waals surface area contributed by atoms with Crippen LogP contribution in [-0.2, 0) is 6.54 Å². The number of hydrogen-bond acceptors (Lipinski definition) is 7. The van der Waals surface area contributed by atoms with Gasteiger partial charge in [-0.2, -0.15) is 19.6 Å². The van der Waals surface area contributed by atoms with Crippen molar-refractivity contribution in [2.24, 2.45) is 0 Å². The van der Waals surface area contributed by atoms with Gasteiger partial charge < -0.3 is 15.3 Å². The number of benzene rings is 1. The van der Waals surface area contributed by atoms with Gasteiger partial charge in [0.2, 0.25) is 11.9 Å². The number of anilines is 2. The lowest BCUT2D eigenvalue weighted by molar-refractivity contribution is 0.265. The maximum atomic E-state index is 9.80. The smallest absolute Gasteiger partial charge is 0.231 e. The highest BCUT2D eigenvalue weighted by molar-refractivity contribution is 5.59. The summed E-state index contributed by atoms with van der Waals surface area (Å²) in [6.45, 7) is 5.79. The lowest BCUT2D eigenvalue weighted by atomic mass is 10.1. The second-order valence-electron chi connectivity index (χ2n) is 8.78. The summed E-state index contributed by atoms with van der Waals surface area (Å²) < 4.78 is 1.77. The average molecular weight is 444 g/mol. The van der Waals surface area contributed by atoms with E-state index >= 15 is 0 Å². The van der Waals surface area contributed by atoms with E-state index in [0.717, 1.165) is 47.4 Å². The normalized spacial score (nSPS) is 16.1. The Hall–Kier alpha value is -3.52. The van der Waals surface area contributed by atoms with Crippen LogP contribution in [0.5, 0.6) is 0 Å². The first-order valence-electron chi connectivity index (χ1n) is 11.5. The molecular weight excluding hydrogens is 414 g/mol. The fraction of sp³-hybridized carbons (Fsp3) is 0.360. The molecule has 1 aliphatic rings. The Morgan fingerprint density at radius 1 is 1.09 bits per heavy atom. The van der Waals surface area contributed by atoms with Crippen LogP contribution in [0.2, 0.25) is 0 Å². The molecule has 33 heavy (non-hydrogen) atoms. The summed E-state index contributed by atoms with van der Waals surface area (Å²) in [7, 11) is 0. The molecule has 0 bridgehead atoms. The van der Waals surface area contributed by atoms with Gasteiger partial charge >= 0.3 is 0 Å². The van der Waals surface area contributed by atoms with Crippen molar-refractivity contribution >= 4 is 17.5 Å². The summed E-state index contributed by atoms with van der Waals surface area (Å²) in [4.78, 5) is 16.4. The van der Waals surface area contributed by atoms with Gasteiger partial charge in [0.05, 0.1) is 24.5 Å². The van der Waals surface area contributed by atoms with Crippen molar-refractivity contribution in [3.8, 4) is 11.3 Å². The summed E-state index contributed by atoms with van der Waals surface area (Å²) >= 11 is 0. The van der Waals surface area contributed by atoms with Gasteiger partial charge in [0.25, 0.3) is 0 Å². The quantitative estimate of drug-likeness (QED) is 0.448. The molecule has 4 aromatic rings. The van der Waals surface area contributed by atoms with E-state index < -0.39 is 0 Å². The lowest BCUT2D eigenvalue weighted by Gasteiger charge is -2.23. The summed E-state index contributed by atoms with van der Waals surface area (Å²) in [6, 6.07) is 14.3. The minimum atomic E-state index is 0.0560. The molecule has 5 rings (SSSR count). The molecule has 0 spiro atoms. The van der Waals surface area contributed by atoms with Crippen molar-refractivity contribution in [2.75, 3.05) is 23.4 Å². The van der Waals surface area contributed by atoms with Crippen LogP contribution in [0.15, 0.2) is 54.9 Å². The molecule has 0 saturated carbocycles. The number of nitrogens with zero attached hydrogens (tertiary/aromatic N) is 6. The minimum Gasteiger partial charge on any atom is -0.394 e. The van der Waals surface area contributed by atoms with Gasteiger partial charge in [-0.3, -0.25) is 4.98 Å². The zero-order valence-corrected chi connectivity index (χ0v) is 19.0. The Morgan fingerprint density at radius 2 is 1.94 bits per heavy atom. The average Bonchev–Trinajstić information content (AvgIpc) is 3.50. The first-order chi connectivity index (χ1) is 16.1. The second kappa shape index (κ2) is 9.15. The van der Waals surface area contributed by atoms with Gasteiger partial charge in [0, 0.05) is 30.4 Å². The number of aromatic nitrogens is 5. The van der Waals surface area contributed by atoms with E-state index in [4.69, 9.17) is 9.97 Å². The Bertz CT molecular complexity index is 1220. The Morgan fingerprint density at radius 3 is 2.67 bits per heavy atom. The van der Waals surface area contributed by atoms with Crippen LogP contribution in [0.4, 0.5) is 11.9 Å². The van der Waals surface area contributed by atoms with Gasteiger partial charge in [0.15, 0.2) is 5.65 Å². The maximum Gasteiger partial charge on any atom is 0.231 e. The van der Waals surface area contributed by atoms with Gasteiger partial charge in [0.1, 0.15) is 0 Å². The number of aliphatic hydroxyl groups is 1. The molecule has 1 fully saturated rings. The van der Waals surface area contributed by atoms with Gasteiger partial charge in [-0.25, -0.2) is 0 Å². The first kappa shape index (κ1) is 21.3. The molecule has 8 heteroatoms. The van der Waals surface area contributed by atoms with Crippen LogP contribution in [0.1, 0.15) is 43.7 Å². The van der Waals surface area contributed by atoms with E-state index in [1.165, 1.54) is 0 Å². The zero-order valence-electron chi connectivity index (χ0n) is 19.0. The largest absolute Gasteiger partial charge is 0.394 e. The van der Waals surface area contributed by atoms with Crippen LogP contribution in [0.3, 0.4) is 0 Å². The molecule has 1 aliphatic heterocycles. The lowest BCUT2D eigenvalue weighted by Crippen LogP contribution is -2.34. The fourth-order valence-corrected chi connectivity index (χ4v) is 4.31. The molecule has 1 atom stereocenters. The SMILES string of the molecule is CC(C)c1cnn2c(NCc3ccc(-c4ccccc4)nc3)nc(N3CCCC3CO)nc12. The molecule has 0 radical (unpaired) electrons. The van der Waals surface area contributed by atoms with Crippen LogP contribution in [0, 0.1) is 0 Å². The Balaban J connectivity index is 1.43. The maximum absolute atomic E-state index is 9.80. The first-order valence-corrected chi connectivity index (χ1v) is 11.5. The topological polar surface area (TPSA) is 91.5 Å². The van der Waals surface area contributed by atoms with Gasteiger partial charge in [-0.15, -0.1) is 0 Å². The van der Waals surface area contributed by atoms with Crippen LogP contribution < -0.4 is 10.2 Å². The third-order valence-electron chi connectivity index (χ3n) is 6.20. The van der Waals surface area contributed by atoms with Gasteiger partial charge in [-0.05, 0) is 30.4 Å². The second-order valence-corrected chi connectivity index (χ2v) is 8.78. The Kier molecular flexibility index (Phi) is 5.92. The van der Waals surface area contributed by atoms with Crippen LogP contribution in [-0.4, -0.2) is 48.9 Å². The predicted octanol–water partition coefficient (Wildman–Crippen LogP) is 3.88. The van der Waals surface area contributed by atoms with Crippen molar-refractivity contribution in [1.82, 2.24) is 24.6 Å². The minimum absolute atomic E-state index is 0.0560. The molecule has 3 aromatic heterocycles. The third kappa shape index (κ3) is 4.26. The number of aliphatic hydroxyl groups excluding tert-OH is 1. The number of pyridine rings is 1. The third-order valence-corrected chi connectivity index (χ3v) is 6.20. The predicted molar refractivity (Wildman–Crippen MR) is 129 cm³/mol. The summed E-state index contributed by atoms with van der Waals surface area (Å²) in [5.74, 6) is 1.57. The number of rotatable bonds is 7. The van der Waals surface area contributed by atoms with E-state index in [2.05, 4.69) is 52.3 Å². The van der Waals surface area contributed by atoms with Crippen molar-refractivity contribution in [2.45, 2.75) is 45.2 Å². The number of fused-ring (bicyclic) bond motifs is 1. The van der Waals surface area contributed by atoms with Crippen LogP contribution >= 0.6 is 0 Å². The van der Waals surface area contributed by atoms with Crippen molar-refractivity contribution in [3.63, 3.8) is 0 Å². The molecule has 1 aromatic carbocycles. The molecule has 0 amide bonds. The van der Waals surface area contributed by atoms with Crippen molar-refractivity contribution in [1.29, 1.82) is 0 Å². The molecule has 1 unspecified atom stereocenters. The molecule has 2 N–H and O–H groups in total. The molecule has 170 valence electrons. The van der Waals surface area contributed by atoms with E-state index in [1.807, 2.05) is 36.7 Å². The molecular formula is C25H29N7O. The van der Waals surface area contributed by atoms with Gasteiger partial charge in [-0.1, -0.05) is 50.2 Å². The zero-order chi connectivity index (χ0) is 22.8. The summed E-state index contributed by atoms with van der Waals surface area (Å²) in [6.07, 6.45) is 5.73. The molecule has 1 saturated heterocycles. The number of nitrogens with one attached hydrogen (secondary N) is 1.